The summed E-state index contributed by atoms with van der Waals surface area (Å²) in [6.07, 6.45) is 1.97. The van der Waals surface area contributed by atoms with E-state index in [-0.39, 0.29) is 6.54 Å². The Balaban J connectivity index is 1.81. The summed E-state index contributed by atoms with van der Waals surface area (Å²) in [6.45, 7) is 2.01. The van der Waals surface area contributed by atoms with Crippen molar-refractivity contribution in [1.82, 2.24) is 4.90 Å². The number of benzene rings is 1. The smallest absolute Gasteiger partial charge is 0.316 e. The first-order chi connectivity index (χ1) is 11.5. The first kappa shape index (κ1) is 14.8. The van der Waals surface area contributed by atoms with Gasteiger partial charge < -0.3 is 14.3 Å². The number of carbonyl (C=O) groups excluding carboxylic acids is 1. The SMILES string of the molecule is C[C@]12C[C@H](c3ccccc3O1)[C@H](C(=O)O)C(=O)N2Cc1ccco1. The highest BCUT2D eigenvalue weighted by atomic mass is 16.5. The third-order valence-corrected chi connectivity index (χ3v) is 4.91. The number of likely N-dealkylation sites (tertiary alicyclic amines) is 1. The Morgan fingerprint density at radius 1 is 1.33 bits per heavy atom. The summed E-state index contributed by atoms with van der Waals surface area (Å²) in [5.41, 5.74) is -0.108. The van der Waals surface area contributed by atoms with E-state index >= 15 is 0 Å². The number of carboxylic acid groups (broad SMARTS) is 1. The number of nitrogens with zero attached hydrogens (tertiary/aromatic N) is 1. The Kier molecular flexibility index (Phi) is 3.16. The summed E-state index contributed by atoms with van der Waals surface area (Å²) in [5, 5.41) is 9.66. The van der Waals surface area contributed by atoms with E-state index in [4.69, 9.17) is 9.15 Å². The molecule has 1 saturated heterocycles. The van der Waals surface area contributed by atoms with E-state index in [1.165, 1.54) is 11.2 Å². The fourth-order valence-corrected chi connectivity index (χ4v) is 3.79. The van der Waals surface area contributed by atoms with E-state index in [2.05, 4.69) is 0 Å². The third kappa shape index (κ3) is 2.10. The van der Waals surface area contributed by atoms with Crippen LogP contribution in [0.25, 0.3) is 0 Å². The fraction of sp³-hybridized carbons (Fsp3) is 0.333. The summed E-state index contributed by atoms with van der Waals surface area (Å²) in [4.78, 5) is 26.2. The van der Waals surface area contributed by atoms with Crippen LogP contribution in [0.2, 0.25) is 0 Å². The second kappa shape index (κ2) is 5.12. The van der Waals surface area contributed by atoms with Gasteiger partial charge in [0.15, 0.2) is 5.72 Å². The summed E-state index contributed by atoms with van der Waals surface area (Å²) in [6, 6.07) is 10.8. The molecule has 6 heteroatoms. The van der Waals surface area contributed by atoms with Gasteiger partial charge >= 0.3 is 5.97 Å². The van der Waals surface area contributed by atoms with Crippen molar-refractivity contribution in [2.45, 2.75) is 31.5 Å². The van der Waals surface area contributed by atoms with Crippen LogP contribution in [0.3, 0.4) is 0 Å². The Labute approximate surface area is 138 Å². The molecule has 6 nitrogen and oxygen atoms in total. The Bertz CT molecular complexity index is 800. The Hall–Kier alpha value is -2.76. The van der Waals surface area contributed by atoms with Gasteiger partial charge in [-0.1, -0.05) is 18.2 Å². The summed E-state index contributed by atoms with van der Waals surface area (Å²) >= 11 is 0. The lowest BCUT2D eigenvalue weighted by Crippen LogP contribution is -2.63. The number of fused-ring (bicyclic) bond motifs is 4. The maximum absolute atomic E-state index is 12.9. The van der Waals surface area contributed by atoms with Crippen molar-refractivity contribution in [1.29, 1.82) is 0 Å². The van der Waals surface area contributed by atoms with E-state index in [0.29, 0.717) is 17.9 Å². The first-order valence-electron chi connectivity index (χ1n) is 7.84. The minimum absolute atomic E-state index is 0.182. The van der Waals surface area contributed by atoms with Gasteiger partial charge in [0.25, 0.3) is 0 Å². The van der Waals surface area contributed by atoms with E-state index in [1.54, 1.807) is 12.1 Å². The molecule has 1 aromatic heterocycles. The van der Waals surface area contributed by atoms with Crippen molar-refractivity contribution >= 4 is 11.9 Å². The molecule has 1 fully saturated rings. The highest BCUT2D eigenvalue weighted by molar-refractivity contribution is 5.99. The van der Waals surface area contributed by atoms with Gasteiger partial charge in [-0.2, -0.15) is 0 Å². The fourth-order valence-electron chi connectivity index (χ4n) is 3.79. The predicted molar refractivity (Wildman–Crippen MR) is 83.2 cm³/mol. The van der Waals surface area contributed by atoms with Gasteiger partial charge in [0, 0.05) is 12.3 Å². The van der Waals surface area contributed by atoms with Crippen LogP contribution in [0.4, 0.5) is 0 Å². The lowest BCUT2D eigenvalue weighted by atomic mass is 9.73. The molecule has 2 aliphatic rings. The number of aliphatic carboxylic acids is 1. The second-order valence-electron chi connectivity index (χ2n) is 6.45. The van der Waals surface area contributed by atoms with E-state index in [1.807, 2.05) is 31.2 Å². The number of hydrogen-bond acceptors (Lipinski definition) is 4. The lowest BCUT2D eigenvalue weighted by molar-refractivity contribution is -0.182. The molecule has 0 unspecified atom stereocenters. The minimum Gasteiger partial charge on any atom is -0.481 e. The molecule has 3 heterocycles. The molecule has 1 amide bonds. The van der Waals surface area contributed by atoms with Gasteiger partial charge in [-0.3, -0.25) is 14.5 Å². The lowest BCUT2D eigenvalue weighted by Gasteiger charge is -2.52. The third-order valence-electron chi connectivity index (χ3n) is 4.91. The zero-order valence-corrected chi connectivity index (χ0v) is 13.1. The molecule has 24 heavy (non-hydrogen) atoms. The van der Waals surface area contributed by atoms with E-state index in [0.717, 1.165) is 5.56 Å². The van der Waals surface area contributed by atoms with Crippen LogP contribution in [0.5, 0.6) is 5.75 Å². The molecule has 0 radical (unpaired) electrons. The largest absolute Gasteiger partial charge is 0.481 e. The van der Waals surface area contributed by atoms with Crippen molar-refractivity contribution in [3.63, 3.8) is 0 Å². The first-order valence-corrected chi connectivity index (χ1v) is 7.84. The number of furan rings is 1. The van der Waals surface area contributed by atoms with Crippen molar-refractivity contribution in [3.05, 3.63) is 54.0 Å². The van der Waals surface area contributed by atoms with Gasteiger partial charge in [0.05, 0.1) is 12.8 Å². The molecule has 1 N–H and O–H groups in total. The van der Waals surface area contributed by atoms with Gasteiger partial charge in [-0.05, 0) is 30.7 Å². The molecule has 1 aromatic carbocycles. The summed E-state index contributed by atoms with van der Waals surface area (Å²) in [5.74, 6) is -1.81. The van der Waals surface area contributed by atoms with Crippen molar-refractivity contribution in [2.24, 2.45) is 5.92 Å². The molecular formula is C18H17NO5. The van der Waals surface area contributed by atoms with Gasteiger partial charge in [0.1, 0.15) is 17.4 Å². The monoisotopic (exact) mass is 327 g/mol. The number of amides is 1. The maximum Gasteiger partial charge on any atom is 0.316 e. The van der Waals surface area contributed by atoms with Crippen LogP contribution < -0.4 is 4.74 Å². The highest BCUT2D eigenvalue weighted by Crippen LogP contribution is 2.50. The van der Waals surface area contributed by atoms with Crippen LogP contribution in [0.1, 0.15) is 30.6 Å². The molecule has 2 aliphatic heterocycles. The molecule has 3 atom stereocenters. The Morgan fingerprint density at radius 3 is 2.83 bits per heavy atom. The molecular weight excluding hydrogens is 310 g/mol. The van der Waals surface area contributed by atoms with Crippen LogP contribution in [0, 0.1) is 5.92 Å². The average molecular weight is 327 g/mol. The molecule has 2 aromatic rings. The normalized spacial score (nSPS) is 28.2. The number of para-hydroxylation sites is 1. The number of piperidine rings is 1. The topological polar surface area (TPSA) is 80.0 Å². The molecule has 124 valence electrons. The molecule has 0 saturated carbocycles. The molecule has 2 bridgehead atoms. The van der Waals surface area contributed by atoms with E-state index in [9.17, 15) is 14.7 Å². The Morgan fingerprint density at radius 2 is 2.12 bits per heavy atom. The van der Waals surface area contributed by atoms with Gasteiger partial charge in [0.2, 0.25) is 5.91 Å². The zero-order valence-electron chi connectivity index (χ0n) is 13.1. The molecule has 0 aliphatic carbocycles. The number of carboxylic acids is 1. The second-order valence-corrected chi connectivity index (χ2v) is 6.45. The highest BCUT2D eigenvalue weighted by Gasteiger charge is 2.56. The quantitative estimate of drug-likeness (QED) is 0.877. The standard InChI is InChI=1S/C18H17NO5/c1-18-9-13(12-6-2-3-7-14(12)24-18)15(17(21)22)16(20)19(18)10-11-5-4-8-23-11/h2-8,13,15H,9-10H2,1H3,(H,21,22)/t13-,15+,18-/m1/s1. The van der Waals surface area contributed by atoms with Crippen molar-refractivity contribution in [2.75, 3.05) is 0 Å². The summed E-state index contributed by atoms with van der Waals surface area (Å²) < 4.78 is 11.5. The average Bonchev–Trinajstić information content (AvgIpc) is 3.04. The predicted octanol–water partition coefficient (Wildman–Crippen LogP) is 2.61. The summed E-state index contributed by atoms with van der Waals surface area (Å²) in [7, 11) is 0. The minimum atomic E-state index is -1.11. The maximum atomic E-state index is 12.9. The van der Waals surface area contributed by atoms with Crippen LogP contribution in [-0.4, -0.2) is 27.6 Å². The van der Waals surface area contributed by atoms with Crippen LogP contribution >= 0.6 is 0 Å². The molecule has 4 rings (SSSR count). The zero-order chi connectivity index (χ0) is 16.9. The number of hydrogen-bond donors (Lipinski definition) is 1. The van der Waals surface area contributed by atoms with Crippen molar-refractivity contribution in [3.8, 4) is 5.75 Å². The van der Waals surface area contributed by atoms with Crippen LogP contribution in [0.15, 0.2) is 47.1 Å². The van der Waals surface area contributed by atoms with Crippen molar-refractivity contribution < 1.29 is 23.8 Å². The van der Waals surface area contributed by atoms with E-state index < -0.39 is 29.4 Å². The number of carbonyl (C=O) groups is 2. The number of rotatable bonds is 3. The molecule has 0 spiro atoms. The van der Waals surface area contributed by atoms with Gasteiger partial charge in [-0.15, -0.1) is 0 Å². The van der Waals surface area contributed by atoms with Crippen LogP contribution in [-0.2, 0) is 16.1 Å². The van der Waals surface area contributed by atoms with Gasteiger partial charge in [-0.25, -0.2) is 0 Å². The number of ether oxygens (including phenoxy) is 1.